The monoisotopic (exact) mass is 389 g/mol. The zero-order chi connectivity index (χ0) is 12.9. The highest BCUT2D eigenvalue weighted by molar-refractivity contribution is 9.09. The maximum absolute atomic E-state index is 12.1. The molecule has 0 aromatic rings. The van der Waals surface area contributed by atoms with Crippen molar-refractivity contribution < 1.29 is 8.42 Å². The highest BCUT2D eigenvalue weighted by Crippen LogP contribution is 2.25. The molecule has 1 aliphatic rings. The second-order valence-corrected chi connectivity index (χ2v) is 8.10. The minimum Gasteiger partial charge on any atom is -0.212 e. The van der Waals surface area contributed by atoms with Crippen LogP contribution in [0.15, 0.2) is 0 Å². The number of nitrogens with one attached hydrogen (secondary N) is 1. The van der Waals surface area contributed by atoms with E-state index >= 15 is 0 Å². The lowest BCUT2D eigenvalue weighted by Crippen LogP contribution is -2.50. The number of halogens is 2. The van der Waals surface area contributed by atoms with Crippen molar-refractivity contribution in [3.8, 4) is 0 Å². The summed E-state index contributed by atoms with van der Waals surface area (Å²) in [5.74, 6) is 0.624. The van der Waals surface area contributed by atoms with Crippen LogP contribution in [0.1, 0.15) is 39.0 Å². The summed E-state index contributed by atoms with van der Waals surface area (Å²) in [5, 5.41) is 1.21. The molecule has 0 spiro atoms. The summed E-state index contributed by atoms with van der Waals surface area (Å²) in [6.45, 7) is 1.90. The third-order valence-corrected chi connectivity index (χ3v) is 7.36. The van der Waals surface area contributed by atoms with Crippen LogP contribution < -0.4 is 4.72 Å². The van der Waals surface area contributed by atoms with Crippen LogP contribution in [-0.2, 0) is 10.0 Å². The van der Waals surface area contributed by atoms with E-state index in [4.69, 9.17) is 0 Å². The fourth-order valence-electron chi connectivity index (χ4n) is 2.17. The molecule has 1 rings (SSSR count). The Balaban J connectivity index is 2.55. The average molecular weight is 391 g/mol. The van der Waals surface area contributed by atoms with Crippen molar-refractivity contribution in [3.63, 3.8) is 0 Å². The Kier molecular flexibility index (Phi) is 6.44. The van der Waals surface area contributed by atoms with Crippen molar-refractivity contribution >= 4 is 41.9 Å². The first-order chi connectivity index (χ1) is 7.91. The molecule has 0 amide bonds. The number of hydrogen-bond acceptors (Lipinski definition) is 2. The molecular weight excluding hydrogens is 370 g/mol. The quantitative estimate of drug-likeness (QED) is 0.708. The molecule has 6 heteroatoms. The minimum atomic E-state index is -3.17. The standard InChI is InChI=1S/C11H21Br2NO2S/c1-11(8-12,9-13)14-17(15,16)7-10-5-3-2-4-6-10/h10,14H,2-9H2,1H3. The van der Waals surface area contributed by atoms with Crippen molar-refractivity contribution in [2.24, 2.45) is 5.92 Å². The largest absolute Gasteiger partial charge is 0.212 e. The zero-order valence-electron chi connectivity index (χ0n) is 10.2. The SMILES string of the molecule is CC(CBr)(CBr)NS(=O)(=O)CC1CCCCC1. The highest BCUT2D eigenvalue weighted by atomic mass is 79.9. The molecule has 1 saturated carbocycles. The van der Waals surface area contributed by atoms with Gasteiger partial charge in [-0.25, -0.2) is 13.1 Å². The molecule has 3 nitrogen and oxygen atoms in total. The number of alkyl halides is 2. The van der Waals surface area contributed by atoms with E-state index in [0.717, 1.165) is 12.8 Å². The molecule has 0 saturated heterocycles. The van der Waals surface area contributed by atoms with Crippen molar-refractivity contribution in [3.05, 3.63) is 0 Å². The number of rotatable bonds is 6. The summed E-state index contributed by atoms with van der Waals surface area (Å²) < 4.78 is 27.0. The Morgan fingerprint density at radius 1 is 1.18 bits per heavy atom. The maximum Gasteiger partial charge on any atom is 0.212 e. The van der Waals surface area contributed by atoms with Gasteiger partial charge in [0.1, 0.15) is 0 Å². The third-order valence-electron chi connectivity index (χ3n) is 3.17. The van der Waals surface area contributed by atoms with Crippen molar-refractivity contribution in [1.29, 1.82) is 0 Å². The third kappa shape index (κ3) is 5.57. The average Bonchev–Trinajstić information content (AvgIpc) is 2.29. The first-order valence-electron chi connectivity index (χ1n) is 6.04. The Bertz CT molecular complexity index is 322. The summed E-state index contributed by atoms with van der Waals surface area (Å²) in [6.07, 6.45) is 5.72. The fraction of sp³-hybridized carbons (Fsp3) is 1.00. The van der Waals surface area contributed by atoms with Gasteiger partial charge in [0.25, 0.3) is 0 Å². The maximum atomic E-state index is 12.1. The van der Waals surface area contributed by atoms with Gasteiger partial charge in [0.2, 0.25) is 10.0 Å². The van der Waals surface area contributed by atoms with Gasteiger partial charge in [0.15, 0.2) is 0 Å². The van der Waals surface area contributed by atoms with E-state index in [2.05, 4.69) is 36.6 Å². The molecule has 17 heavy (non-hydrogen) atoms. The molecular formula is C11H21Br2NO2S. The topological polar surface area (TPSA) is 46.2 Å². The van der Waals surface area contributed by atoms with Gasteiger partial charge in [-0.15, -0.1) is 0 Å². The van der Waals surface area contributed by atoms with E-state index < -0.39 is 15.6 Å². The molecule has 0 radical (unpaired) electrons. The lowest BCUT2D eigenvalue weighted by Gasteiger charge is -2.28. The van der Waals surface area contributed by atoms with E-state index in [1.54, 1.807) is 0 Å². The Labute approximate surface area is 121 Å². The summed E-state index contributed by atoms with van der Waals surface area (Å²) in [5.41, 5.74) is -0.437. The van der Waals surface area contributed by atoms with Crippen LogP contribution in [0.5, 0.6) is 0 Å². The summed E-state index contributed by atoms with van der Waals surface area (Å²) in [6, 6.07) is 0. The Morgan fingerprint density at radius 2 is 1.71 bits per heavy atom. The van der Waals surface area contributed by atoms with Crippen LogP contribution in [0.2, 0.25) is 0 Å². The van der Waals surface area contributed by atoms with E-state index in [1.807, 2.05) is 6.92 Å². The molecule has 0 unspecified atom stereocenters. The predicted molar refractivity (Wildman–Crippen MR) is 79.5 cm³/mol. The molecule has 1 aliphatic carbocycles. The second-order valence-electron chi connectivity index (χ2n) is 5.22. The van der Waals surface area contributed by atoms with Crippen LogP contribution >= 0.6 is 31.9 Å². The van der Waals surface area contributed by atoms with Gasteiger partial charge in [-0.05, 0) is 25.7 Å². The van der Waals surface area contributed by atoms with Gasteiger partial charge in [0.05, 0.1) is 5.75 Å². The normalized spacial score (nSPS) is 19.5. The second kappa shape index (κ2) is 6.87. The molecule has 1 N–H and O–H groups in total. The van der Waals surface area contributed by atoms with Crippen molar-refractivity contribution in [2.45, 2.75) is 44.6 Å². The summed E-state index contributed by atoms with van der Waals surface area (Å²) in [7, 11) is -3.17. The minimum absolute atomic E-state index is 0.280. The Morgan fingerprint density at radius 3 is 2.18 bits per heavy atom. The lowest BCUT2D eigenvalue weighted by molar-refractivity contribution is 0.381. The zero-order valence-corrected chi connectivity index (χ0v) is 14.2. The van der Waals surface area contributed by atoms with E-state index in [1.165, 1.54) is 19.3 Å². The van der Waals surface area contributed by atoms with Crippen LogP contribution in [-0.4, -0.2) is 30.4 Å². The van der Waals surface area contributed by atoms with Crippen LogP contribution in [0.4, 0.5) is 0 Å². The molecule has 0 atom stereocenters. The Hall–Kier alpha value is 0.870. The van der Waals surface area contributed by atoms with Gasteiger partial charge in [0, 0.05) is 16.2 Å². The summed E-state index contributed by atoms with van der Waals surface area (Å²) >= 11 is 6.71. The predicted octanol–water partition coefficient (Wildman–Crippen LogP) is 3.03. The molecule has 1 fully saturated rings. The molecule has 0 aliphatic heterocycles. The van der Waals surface area contributed by atoms with Gasteiger partial charge in [-0.1, -0.05) is 51.1 Å². The first-order valence-corrected chi connectivity index (χ1v) is 9.94. The highest BCUT2D eigenvalue weighted by Gasteiger charge is 2.29. The number of hydrogen-bond donors (Lipinski definition) is 1. The molecule has 102 valence electrons. The van der Waals surface area contributed by atoms with Crippen molar-refractivity contribution in [2.75, 3.05) is 16.4 Å². The lowest BCUT2D eigenvalue weighted by atomic mass is 9.91. The first kappa shape index (κ1) is 15.9. The van der Waals surface area contributed by atoms with Crippen LogP contribution in [0.3, 0.4) is 0 Å². The van der Waals surface area contributed by atoms with E-state index in [-0.39, 0.29) is 5.75 Å². The van der Waals surface area contributed by atoms with Crippen LogP contribution in [0.25, 0.3) is 0 Å². The summed E-state index contributed by atoms with van der Waals surface area (Å²) in [4.78, 5) is 0. The van der Waals surface area contributed by atoms with Crippen LogP contribution in [0, 0.1) is 5.92 Å². The van der Waals surface area contributed by atoms with E-state index in [9.17, 15) is 8.42 Å². The molecule has 0 aromatic heterocycles. The smallest absolute Gasteiger partial charge is 0.212 e. The van der Waals surface area contributed by atoms with Gasteiger partial charge in [-0.3, -0.25) is 0 Å². The molecule has 0 aromatic carbocycles. The fourth-order valence-corrected chi connectivity index (χ4v) is 5.68. The number of sulfonamides is 1. The van der Waals surface area contributed by atoms with Gasteiger partial charge in [-0.2, -0.15) is 0 Å². The van der Waals surface area contributed by atoms with Crippen molar-refractivity contribution in [1.82, 2.24) is 4.72 Å². The van der Waals surface area contributed by atoms with E-state index in [0.29, 0.717) is 16.6 Å². The van der Waals surface area contributed by atoms with Gasteiger partial charge < -0.3 is 0 Å². The molecule has 0 heterocycles. The van der Waals surface area contributed by atoms with Gasteiger partial charge >= 0.3 is 0 Å². The molecule has 0 bridgehead atoms.